The number of hydrogen-bond donors (Lipinski definition) is 1. The van der Waals surface area contributed by atoms with E-state index in [1.807, 2.05) is 12.5 Å². The minimum atomic E-state index is 0.787. The fourth-order valence-corrected chi connectivity index (χ4v) is 3.41. The smallest absolute Gasteiger partial charge is 0.0950 e. The Morgan fingerprint density at radius 1 is 1.29 bits per heavy atom. The zero-order chi connectivity index (χ0) is 14.5. The third-order valence-corrected chi connectivity index (χ3v) is 4.84. The van der Waals surface area contributed by atoms with E-state index in [0.29, 0.717) is 0 Å². The molecule has 2 aliphatic rings. The predicted molar refractivity (Wildman–Crippen MR) is 88.1 cm³/mol. The van der Waals surface area contributed by atoms with Crippen molar-refractivity contribution >= 4 is 6.08 Å². The molecule has 1 heterocycles. The van der Waals surface area contributed by atoms with Crippen molar-refractivity contribution in [2.45, 2.75) is 70.9 Å². The van der Waals surface area contributed by atoms with Crippen LogP contribution in [0.15, 0.2) is 18.1 Å². The maximum Gasteiger partial charge on any atom is 0.0950 e. The molecule has 0 radical (unpaired) electrons. The van der Waals surface area contributed by atoms with E-state index in [0.717, 1.165) is 31.5 Å². The highest BCUT2D eigenvalue weighted by Gasteiger charge is 2.23. The molecule has 3 rings (SSSR count). The summed E-state index contributed by atoms with van der Waals surface area (Å²) in [6.07, 6.45) is 17.3. The zero-order valence-electron chi connectivity index (χ0n) is 13.4. The van der Waals surface area contributed by atoms with E-state index in [2.05, 4.69) is 27.9 Å². The molecule has 2 saturated carbocycles. The largest absolute Gasteiger partial charge is 0.331 e. The molecular weight excluding hydrogens is 258 g/mol. The van der Waals surface area contributed by atoms with Crippen molar-refractivity contribution in [3.8, 4) is 0 Å². The van der Waals surface area contributed by atoms with Gasteiger partial charge in [-0.1, -0.05) is 31.8 Å². The van der Waals surface area contributed by atoms with Gasteiger partial charge >= 0.3 is 0 Å². The minimum Gasteiger partial charge on any atom is -0.331 e. The Bertz CT molecular complexity index is 465. The van der Waals surface area contributed by atoms with Crippen molar-refractivity contribution in [2.24, 2.45) is 5.92 Å². The molecule has 2 fully saturated rings. The summed E-state index contributed by atoms with van der Waals surface area (Å²) in [5.74, 6) is 0.787. The van der Waals surface area contributed by atoms with Gasteiger partial charge in [0, 0.05) is 19.1 Å². The van der Waals surface area contributed by atoms with Crippen molar-refractivity contribution in [3.05, 3.63) is 23.8 Å². The Hall–Kier alpha value is -1.09. The number of nitrogens with zero attached hydrogens (tertiary/aromatic N) is 2. The summed E-state index contributed by atoms with van der Waals surface area (Å²) >= 11 is 0. The number of aryl methyl sites for hydroxylation is 1. The van der Waals surface area contributed by atoms with Crippen LogP contribution in [0.3, 0.4) is 0 Å². The zero-order valence-corrected chi connectivity index (χ0v) is 13.4. The second-order valence-corrected chi connectivity index (χ2v) is 6.72. The summed E-state index contributed by atoms with van der Waals surface area (Å²) in [4.78, 5) is 4.34. The number of rotatable bonds is 7. The summed E-state index contributed by atoms with van der Waals surface area (Å²) in [6.45, 7) is 4.37. The molecule has 1 aromatic heterocycles. The molecule has 0 bridgehead atoms. The lowest BCUT2D eigenvalue weighted by atomic mass is 9.83. The standard InChI is InChI=1S/C18H29N3/c1-2-10-21-14-19-13-18(21)11-16(12-20-17-8-9-17)15-6-4-3-5-7-15/h11,13-15,17,20H,2-10,12H2,1H3/b16-11-. The van der Waals surface area contributed by atoms with Crippen LogP contribution in [0, 0.1) is 5.92 Å². The van der Waals surface area contributed by atoms with E-state index in [-0.39, 0.29) is 0 Å². The first-order valence-electron chi connectivity index (χ1n) is 8.81. The second-order valence-electron chi connectivity index (χ2n) is 6.72. The Balaban J connectivity index is 1.74. The van der Waals surface area contributed by atoms with Gasteiger partial charge in [-0.15, -0.1) is 0 Å². The van der Waals surface area contributed by atoms with E-state index >= 15 is 0 Å². The Morgan fingerprint density at radius 2 is 2.10 bits per heavy atom. The van der Waals surface area contributed by atoms with Gasteiger partial charge < -0.3 is 9.88 Å². The Labute approximate surface area is 128 Å². The van der Waals surface area contributed by atoms with E-state index in [1.165, 1.54) is 50.6 Å². The van der Waals surface area contributed by atoms with Crippen molar-refractivity contribution in [2.75, 3.05) is 6.54 Å². The minimum absolute atomic E-state index is 0.787. The van der Waals surface area contributed by atoms with Gasteiger partial charge in [0.05, 0.1) is 18.2 Å². The lowest BCUT2D eigenvalue weighted by molar-refractivity contribution is 0.396. The molecule has 3 heteroatoms. The lowest BCUT2D eigenvalue weighted by Gasteiger charge is -2.25. The first-order valence-corrected chi connectivity index (χ1v) is 8.81. The van der Waals surface area contributed by atoms with Crippen molar-refractivity contribution in [1.82, 2.24) is 14.9 Å². The van der Waals surface area contributed by atoms with Crippen LogP contribution in [0.25, 0.3) is 6.08 Å². The number of aromatic nitrogens is 2. The van der Waals surface area contributed by atoms with E-state index in [9.17, 15) is 0 Å². The monoisotopic (exact) mass is 287 g/mol. The van der Waals surface area contributed by atoms with Gasteiger partial charge in [0.2, 0.25) is 0 Å². The maximum absolute atomic E-state index is 4.34. The highest BCUT2D eigenvalue weighted by atomic mass is 15.0. The molecule has 0 saturated heterocycles. The van der Waals surface area contributed by atoms with Crippen LogP contribution in [0.1, 0.15) is 64.0 Å². The molecule has 2 aliphatic carbocycles. The van der Waals surface area contributed by atoms with Crippen LogP contribution in [0.4, 0.5) is 0 Å². The molecule has 1 N–H and O–H groups in total. The van der Waals surface area contributed by atoms with Gasteiger partial charge in [-0.3, -0.25) is 0 Å². The molecule has 0 amide bonds. The highest BCUT2D eigenvalue weighted by molar-refractivity contribution is 5.50. The van der Waals surface area contributed by atoms with E-state index in [1.54, 1.807) is 5.57 Å². The van der Waals surface area contributed by atoms with Crippen molar-refractivity contribution in [1.29, 1.82) is 0 Å². The van der Waals surface area contributed by atoms with Crippen LogP contribution < -0.4 is 5.32 Å². The van der Waals surface area contributed by atoms with Crippen LogP contribution in [0.2, 0.25) is 0 Å². The molecule has 0 spiro atoms. The number of nitrogens with one attached hydrogen (secondary N) is 1. The van der Waals surface area contributed by atoms with Crippen LogP contribution in [-0.2, 0) is 6.54 Å². The van der Waals surface area contributed by atoms with Gasteiger partial charge in [-0.2, -0.15) is 0 Å². The van der Waals surface area contributed by atoms with Crippen LogP contribution >= 0.6 is 0 Å². The molecular formula is C18H29N3. The van der Waals surface area contributed by atoms with Gasteiger partial charge in [-0.05, 0) is 44.1 Å². The van der Waals surface area contributed by atoms with Gasteiger partial charge in [0.15, 0.2) is 0 Å². The summed E-state index contributed by atoms with van der Waals surface area (Å²) in [7, 11) is 0. The molecule has 0 aliphatic heterocycles. The highest BCUT2D eigenvalue weighted by Crippen LogP contribution is 2.31. The first-order chi connectivity index (χ1) is 10.4. The molecule has 1 aromatic rings. The Kier molecular flexibility index (Phi) is 5.13. The second kappa shape index (κ2) is 7.26. The van der Waals surface area contributed by atoms with E-state index < -0.39 is 0 Å². The fourth-order valence-electron chi connectivity index (χ4n) is 3.41. The SMILES string of the molecule is CCCn1cncc1/C=C(/CNC1CC1)C1CCCCC1. The quantitative estimate of drug-likeness (QED) is 0.821. The van der Waals surface area contributed by atoms with Crippen LogP contribution in [0.5, 0.6) is 0 Å². The van der Waals surface area contributed by atoms with Gasteiger partial charge in [-0.25, -0.2) is 4.98 Å². The first kappa shape index (κ1) is 14.8. The summed E-state index contributed by atoms with van der Waals surface area (Å²) < 4.78 is 2.29. The number of hydrogen-bond acceptors (Lipinski definition) is 2. The summed E-state index contributed by atoms with van der Waals surface area (Å²) in [5, 5.41) is 3.72. The normalized spacial score (nSPS) is 20.9. The average Bonchev–Trinajstić information content (AvgIpc) is 3.25. The fraction of sp³-hybridized carbons (Fsp3) is 0.722. The molecule has 0 aromatic carbocycles. The molecule has 0 atom stereocenters. The Morgan fingerprint density at radius 3 is 2.81 bits per heavy atom. The molecule has 3 nitrogen and oxygen atoms in total. The number of imidazole rings is 1. The lowest BCUT2D eigenvalue weighted by Crippen LogP contribution is -2.24. The maximum atomic E-state index is 4.34. The predicted octanol–water partition coefficient (Wildman–Crippen LogP) is 4.01. The molecule has 0 unspecified atom stereocenters. The van der Waals surface area contributed by atoms with Crippen molar-refractivity contribution in [3.63, 3.8) is 0 Å². The van der Waals surface area contributed by atoms with E-state index in [4.69, 9.17) is 0 Å². The topological polar surface area (TPSA) is 29.9 Å². The van der Waals surface area contributed by atoms with Gasteiger partial charge in [0.1, 0.15) is 0 Å². The van der Waals surface area contributed by atoms with Crippen LogP contribution in [-0.4, -0.2) is 22.1 Å². The average molecular weight is 287 g/mol. The third-order valence-electron chi connectivity index (χ3n) is 4.84. The van der Waals surface area contributed by atoms with Crippen molar-refractivity contribution < 1.29 is 0 Å². The summed E-state index contributed by atoms with van der Waals surface area (Å²) in [5.41, 5.74) is 2.90. The van der Waals surface area contributed by atoms with Gasteiger partial charge in [0.25, 0.3) is 0 Å². The summed E-state index contributed by atoms with van der Waals surface area (Å²) in [6, 6.07) is 0.789. The molecule has 116 valence electrons. The third kappa shape index (κ3) is 4.19. The molecule has 21 heavy (non-hydrogen) atoms.